The second-order valence-corrected chi connectivity index (χ2v) is 7.76. The Hall–Kier alpha value is -0.590. The summed E-state index contributed by atoms with van der Waals surface area (Å²) >= 11 is 0. The summed E-state index contributed by atoms with van der Waals surface area (Å²) in [5.41, 5.74) is 0. The van der Waals surface area contributed by atoms with Gasteiger partial charge in [0.1, 0.15) is 6.04 Å². The van der Waals surface area contributed by atoms with Crippen LogP contribution in [0.5, 0.6) is 0 Å². The predicted molar refractivity (Wildman–Crippen MR) is 119 cm³/mol. The van der Waals surface area contributed by atoms with E-state index >= 15 is 0 Å². The molecule has 1 amide bonds. The molecule has 0 aromatic rings. The molecule has 0 heterocycles. The molecule has 0 fully saturated rings. The average molecular weight is 424 g/mol. The summed E-state index contributed by atoms with van der Waals surface area (Å²) in [4.78, 5) is 33.2. The van der Waals surface area contributed by atoms with Gasteiger partial charge < -0.3 is 15.5 Å². The molecule has 0 spiro atoms. The fraction of sp³-hybridized carbons (Fsp3) is 0.864. The summed E-state index contributed by atoms with van der Waals surface area (Å²) in [6, 6.07) is -1.35. The second-order valence-electron chi connectivity index (χ2n) is 7.76. The summed E-state index contributed by atoms with van der Waals surface area (Å²) in [6.45, 7) is 2.25. The molecule has 7 heteroatoms. The van der Waals surface area contributed by atoms with E-state index in [0.717, 1.165) is 12.8 Å². The molecule has 0 aliphatic carbocycles. The number of unbranched alkanes of at least 4 members (excludes halogenated alkanes) is 14. The van der Waals surface area contributed by atoms with Crippen molar-refractivity contribution in [1.29, 1.82) is 0 Å². The number of hydrogen-bond donors (Lipinski definition) is 3. The first-order valence-corrected chi connectivity index (χ1v) is 11.2. The molecule has 166 valence electrons. The zero-order valence-electron chi connectivity index (χ0n) is 17.7. The van der Waals surface area contributed by atoms with Crippen molar-refractivity contribution in [3.05, 3.63) is 0 Å². The molecule has 0 saturated heterocycles. The van der Waals surface area contributed by atoms with Crippen molar-refractivity contribution in [1.82, 2.24) is 5.32 Å². The van der Waals surface area contributed by atoms with Gasteiger partial charge in [0, 0.05) is 6.42 Å². The molecule has 0 rings (SSSR count). The fourth-order valence-electron chi connectivity index (χ4n) is 3.30. The SMILES string of the molecule is CCCCCCCCCCCCCCCCCC(=O)N[C@@H](CC(=O)O)C(=O)O.[NaH]. The minimum atomic E-state index is -1.35. The van der Waals surface area contributed by atoms with Crippen LogP contribution in [0.15, 0.2) is 0 Å². The van der Waals surface area contributed by atoms with E-state index < -0.39 is 24.4 Å². The molecule has 0 aromatic heterocycles. The van der Waals surface area contributed by atoms with Crippen LogP contribution in [0, 0.1) is 0 Å². The zero-order valence-corrected chi connectivity index (χ0v) is 17.7. The summed E-state index contributed by atoms with van der Waals surface area (Å²) in [7, 11) is 0. The Labute approximate surface area is 198 Å². The number of nitrogens with one attached hydrogen (secondary N) is 1. The number of hydrogen-bond acceptors (Lipinski definition) is 3. The first-order chi connectivity index (χ1) is 13.5. The van der Waals surface area contributed by atoms with E-state index in [-0.39, 0.29) is 41.9 Å². The van der Waals surface area contributed by atoms with Crippen molar-refractivity contribution in [2.45, 2.75) is 122 Å². The third kappa shape index (κ3) is 21.9. The molecular formula is C22H42NNaO5. The van der Waals surface area contributed by atoms with Gasteiger partial charge in [-0.3, -0.25) is 9.59 Å². The Balaban J connectivity index is 0. The van der Waals surface area contributed by atoms with Crippen LogP contribution >= 0.6 is 0 Å². The molecule has 0 bridgehead atoms. The van der Waals surface area contributed by atoms with Crippen molar-refractivity contribution in [2.75, 3.05) is 0 Å². The maximum atomic E-state index is 11.7. The first-order valence-electron chi connectivity index (χ1n) is 11.2. The molecule has 0 saturated carbocycles. The van der Waals surface area contributed by atoms with E-state index in [0.29, 0.717) is 6.42 Å². The molecule has 3 N–H and O–H groups in total. The van der Waals surface area contributed by atoms with Gasteiger partial charge in [-0.05, 0) is 6.42 Å². The van der Waals surface area contributed by atoms with Crippen LogP contribution < -0.4 is 5.32 Å². The quantitative estimate of drug-likeness (QED) is 0.195. The molecule has 29 heavy (non-hydrogen) atoms. The van der Waals surface area contributed by atoms with Crippen LogP contribution in [0.1, 0.15) is 116 Å². The van der Waals surface area contributed by atoms with Crippen molar-refractivity contribution in [2.24, 2.45) is 0 Å². The first kappa shape index (κ1) is 30.6. The maximum absolute atomic E-state index is 11.7. The molecule has 0 radical (unpaired) electrons. The van der Waals surface area contributed by atoms with E-state index in [1.165, 1.54) is 77.0 Å². The van der Waals surface area contributed by atoms with Crippen LogP contribution in [0.3, 0.4) is 0 Å². The monoisotopic (exact) mass is 423 g/mol. The summed E-state index contributed by atoms with van der Waals surface area (Å²) in [5, 5.41) is 19.8. The molecule has 6 nitrogen and oxygen atoms in total. The Bertz CT molecular complexity index is 431. The fourth-order valence-corrected chi connectivity index (χ4v) is 3.30. The van der Waals surface area contributed by atoms with Crippen LogP contribution in [0.25, 0.3) is 0 Å². The molecular weight excluding hydrogens is 381 g/mol. The molecule has 0 unspecified atom stereocenters. The summed E-state index contributed by atoms with van der Waals surface area (Å²) in [5.74, 6) is -2.93. The number of carbonyl (C=O) groups is 3. The van der Waals surface area contributed by atoms with Crippen molar-refractivity contribution in [3.63, 3.8) is 0 Å². The van der Waals surface area contributed by atoms with Gasteiger partial charge in [-0.1, -0.05) is 96.8 Å². The average Bonchev–Trinajstić information content (AvgIpc) is 2.64. The number of amides is 1. The van der Waals surface area contributed by atoms with Gasteiger partial charge in [-0.25, -0.2) is 4.79 Å². The number of carboxylic acid groups (broad SMARTS) is 2. The van der Waals surface area contributed by atoms with Crippen LogP contribution in [-0.4, -0.2) is 63.7 Å². The van der Waals surface area contributed by atoms with Gasteiger partial charge in [-0.15, -0.1) is 0 Å². The third-order valence-corrected chi connectivity index (χ3v) is 5.02. The van der Waals surface area contributed by atoms with Gasteiger partial charge in [0.2, 0.25) is 5.91 Å². The number of carbonyl (C=O) groups excluding carboxylic acids is 1. The molecule has 0 aliphatic rings. The van der Waals surface area contributed by atoms with E-state index in [4.69, 9.17) is 10.2 Å². The Kier molecular flexibility index (Phi) is 23.3. The zero-order chi connectivity index (χ0) is 21.0. The topological polar surface area (TPSA) is 104 Å². The Morgan fingerprint density at radius 2 is 1.07 bits per heavy atom. The van der Waals surface area contributed by atoms with Crippen molar-refractivity contribution in [3.8, 4) is 0 Å². The third-order valence-electron chi connectivity index (χ3n) is 5.02. The molecule has 0 aromatic carbocycles. The van der Waals surface area contributed by atoms with E-state index in [1.807, 2.05) is 0 Å². The van der Waals surface area contributed by atoms with Gasteiger partial charge >= 0.3 is 41.5 Å². The van der Waals surface area contributed by atoms with Crippen molar-refractivity contribution >= 4 is 47.4 Å². The molecule has 1 atom stereocenters. The molecule has 0 aliphatic heterocycles. The van der Waals surface area contributed by atoms with E-state index in [1.54, 1.807) is 0 Å². The van der Waals surface area contributed by atoms with Gasteiger partial charge in [0.05, 0.1) is 6.42 Å². The van der Waals surface area contributed by atoms with Gasteiger partial charge in [0.25, 0.3) is 0 Å². The summed E-state index contributed by atoms with van der Waals surface area (Å²) in [6.07, 6.45) is 18.3. The second kappa shape index (κ2) is 22.1. The van der Waals surface area contributed by atoms with Crippen LogP contribution in [0.4, 0.5) is 0 Å². The number of carboxylic acids is 2. The Morgan fingerprint density at radius 3 is 1.41 bits per heavy atom. The standard InChI is InChI=1S/C22H41NO5.Na.H/c1-2-3-4-5-6-7-8-9-10-11-12-13-14-15-16-17-20(24)23-19(22(27)28)18-21(25)26;;/h19H,2-18H2,1H3,(H,23,24)(H,25,26)(H,27,28);;/t19-;;/m0../s1. The van der Waals surface area contributed by atoms with Gasteiger partial charge in [-0.2, -0.15) is 0 Å². The van der Waals surface area contributed by atoms with Crippen LogP contribution in [0.2, 0.25) is 0 Å². The normalized spacial score (nSPS) is 11.5. The van der Waals surface area contributed by atoms with E-state index in [2.05, 4.69) is 12.2 Å². The Morgan fingerprint density at radius 1 is 0.690 bits per heavy atom. The van der Waals surface area contributed by atoms with Crippen LogP contribution in [-0.2, 0) is 14.4 Å². The minimum absolute atomic E-state index is 0. The van der Waals surface area contributed by atoms with Crippen molar-refractivity contribution < 1.29 is 24.6 Å². The number of rotatable bonds is 20. The van der Waals surface area contributed by atoms with E-state index in [9.17, 15) is 14.4 Å². The summed E-state index contributed by atoms with van der Waals surface area (Å²) < 4.78 is 0. The predicted octanol–water partition coefficient (Wildman–Crippen LogP) is 4.64. The van der Waals surface area contributed by atoms with Gasteiger partial charge in [0.15, 0.2) is 0 Å². The number of aliphatic carboxylic acids is 2.